The molecule has 0 bridgehead atoms. The second-order valence-corrected chi connectivity index (χ2v) is 6.52. The van der Waals surface area contributed by atoms with E-state index in [-0.39, 0.29) is 0 Å². The molecular formula is C10H18BrN3O2S. The Hall–Kier alpha value is -0.400. The second-order valence-electron chi connectivity index (χ2n) is 3.86. The van der Waals surface area contributed by atoms with E-state index in [1.54, 1.807) is 13.8 Å². The molecule has 1 aromatic heterocycles. The van der Waals surface area contributed by atoms with Crippen LogP contribution in [0.5, 0.6) is 0 Å². The molecule has 1 rings (SSSR count). The van der Waals surface area contributed by atoms with E-state index in [0.29, 0.717) is 34.7 Å². The van der Waals surface area contributed by atoms with Gasteiger partial charge >= 0.3 is 0 Å². The highest BCUT2D eigenvalue weighted by Crippen LogP contribution is 2.21. The van der Waals surface area contributed by atoms with Gasteiger partial charge in [-0.1, -0.05) is 22.9 Å². The molecule has 0 unspecified atom stereocenters. The van der Waals surface area contributed by atoms with Crippen LogP contribution in [0.3, 0.4) is 0 Å². The van der Waals surface area contributed by atoms with Crippen LogP contribution < -0.4 is 0 Å². The molecule has 0 aliphatic rings. The third-order valence-electron chi connectivity index (χ3n) is 2.47. The van der Waals surface area contributed by atoms with Crippen molar-refractivity contribution >= 4 is 26.0 Å². The van der Waals surface area contributed by atoms with Crippen LogP contribution in [-0.4, -0.2) is 41.3 Å². The summed E-state index contributed by atoms with van der Waals surface area (Å²) in [5.41, 5.74) is 1.12. The number of aromatic amines is 1. The summed E-state index contributed by atoms with van der Waals surface area (Å²) < 4.78 is 26.4. The van der Waals surface area contributed by atoms with Crippen molar-refractivity contribution in [3.63, 3.8) is 0 Å². The quantitative estimate of drug-likeness (QED) is 0.812. The van der Waals surface area contributed by atoms with Gasteiger partial charge in [-0.2, -0.15) is 9.40 Å². The lowest BCUT2D eigenvalue weighted by molar-refractivity contribution is 0.429. The summed E-state index contributed by atoms with van der Waals surface area (Å²) in [7, 11) is -3.43. The van der Waals surface area contributed by atoms with Gasteiger partial charge in [-0.25, -0.2) is 8.42 Å². The van der Waals surface area contributed by atoms with Crippen LogP contribution in [0.15, 0.2) is 4.90 Å². The summed E-state index contributed by atoms with van der Waals surface area (Å²) in [5.74, 6) is 0. The Morgan fingerprint density at radius 3 is 2.41 bits per heavy atom. The van der Waals surface area contributed by atoms with Gasteiger partial charge < -0.3 is 0 Å². The van der Waals surface area contributed by atoms with Crippen LogP contribution in [0.1, 0.15) is 24.7 Å². The molecule has 0 radical (unpaired) electrons. The molecule has 0 amide bonds. The minimum absolute atomic E-state index is 0.312. The highest BCUT2D eigenvalue weighted by molar-refractivity contribution is 9.09. The zero-order chi connectivity index (χ0) is 13.1. The van der Waals surface area contributed by atoms with Crippen molar-refractivity contribution in [2.75, 3.05) is 18.4 Å². The number of sulfonamides is 1. The predicted octanol–water partition coefficient (Wildman–Crippen LogP) is 1.82. The topological polar surface area (TPSA) is 66.1 Å². The van der Waals surface area contributed by atoms with Gasteiger partial charge in [0.1, 0.15) is 4.90 Å². The van der Waals surface area contributed by atoms with Crippen molar-refractivity contribution in [2.24, 2.45) is 0 Å². The highest BCUT2D eigenvalue weighted by atomic mass is 79.9. The van der Waals surface area contributed by atoms with Gasteiger partial charge in [0.15, 0.2) is 0 Å². The van der Waals surface area contributed by atoms with Crippen molar-refractivity contribution in [2.45, 2.75) is 32.1 Å². The average Bonchev–Trinajstić information content (AvgIpc) is 2.58. The number of H-pyrrole nitrogens is 1. The molecule has 0 saturated carbocycles. The van der Waals surface area contributed by atoms with Gasteiger partial charge in [-0.3, -0.25) is 5.10 Å². The maximum Gasteiger partial charge on any atom is 0.246 e. The zero-order valence-electron chi connectivity index (χ0n) is 10.3. The van der Waals surface area contributed by atoms with E-state index in [0.717, 1.165) is 6.42 Å². The van der Waals surface area contributed by atoms with Crippen molar-refractivity contribution < 1.29 is 8.42 Å². The van der Waals surface area contributed by atoms with Crippen LogP contribution >= 0.6 is 15.9 Å². The lowest BCUT2D eigenvalue weighted by Crippen LogP contribution is -2.34. The van der Waals surface area contributed by atoms with E-state index in [4.69, 9.17) is 0 Å². The zero-order valence-corrected chi connectivity index (χ0v) is 12.7. The van der Waals surface area contributed by atoms with Crippen LogP contribution in [0.25, 0.3) is 0 Å². The molecular weight excluding hydrogens is 306 g/mol. The number of aromatic nitrogens is 2. The minimum Gasteiger partial charge on any atom is -0.281 e. The van der Waals surface area contributed by atoms with Crippen molar-refractivity contribution in [3.05, 3.63) is 11.4 Å². The van der Waals surface area contributed by atoms with E-state index in [1.807, 2.05) is 6.92 Å². The molecule has 0 aromatic carbocycles. The summed E-state index contributed by atoms with van der Waals surface area (Å²) in [6.45, 7) is 6.39. The number of rotatable bonds is 6. The number of hydrogen-bond acceptors (Lipinski definition) is 3. The first-order valence-corrected chi connectivity index (χ1v) is 8.09. The fraction of sp³-hybridized carbons (Fsp3) is 0.700. The Balaban J connectivity index is 3.16. The summed E-state index contributed by atoms with van der Waals surface area (Å²) in [4.78, 5) is 0.312. The normalized spacial score (nSPS) is 12.3. The van der Waals surface area contributed by atoms with E-state index < -0.39 is 10.0 Å². The SMILES string of the molecule is CCCN(CCBr)S(=O)(=O)c1c(C)n[nH]c1C. The van der Waals surface area contributed by atoms with Gasteiger partial charge in [-0.05, 0) is 20.3 Å². The molecule has 0 aliphatic carbocycles. The van der Waals surface area contributed by atoms with Gasteiger partial charge in [0, 0.05) is 18.4 Å². The van der Waals surface area contributed by atoms with Gasteiger partial charge in [-0.15, -0.1) is 0 Å². The van der Waals surface area contributed by atoms with Crippen molar-refractivity contribution in [1.82, 2.24) is 14.5 Å². The lowest BCUT2D eigenvalue weighted by atomic mass is 10.4. The van der Waals surface area contributed by atoms with Crippen molar-refractivity contribution in [3.8, 4) is 0 Å². The van der Waals surface area contributed by atoms with Crippen LogP contribution in [0.2, 0.25) is 0 Å². The Labute approximate surface area is 111 Å². The average molecular weight is 324 g/mol. The molecule has 0 aliphatic heterocycles. The van der Waals surface area contributed by atoms with E-state index in [2.05, 4.69) is 26.1 Å². The molecule has 7 heteroatoms. The fourth-order valence-electron chi connectivity index (χ4n) is 1.75. The van der Waals surface area contributed by atoms with Gasteiger partial charge in [0.05, 0.1) is 11.4 Å². The smallest absolute Gasteiger partial charge is 0.246 e. The number of halogens is 1. The number of hydrogen-bond donors (Lipinski definition) is 1. The molecule has 0 atom stereocenters. The Kier molecular flexibility index (Phi) is 5.15. The van der Waals surface area contributed by atoms with Crippen LogP contribution in [0.4, 0.5) is 0 Å². The van der Waals surface area contributed by atoms with Crippen molar-refractivity contribution in [1.29, 1.82) is 0 Å². The van der Waals surface area contributed by atoms with Gasteiger partial charge in [0.25, 0.3) is 0 Å². The molecule has 0 fully saturated rings. The standard InChI is InChI=1S/C10H18BrN3O2S/c1-4-6-14(7-5-11)17(15,16)10-8(2)12-13-9(10)3/h4-7H2,1-3H3,(H,12,13). The number of nitrogens with one attached hydrogen (secondary N) is 1. The maximum absolute atomic E-state index is 12.5. The Morgan fingerprint density at radius 1 is 1.35 bits per heavy atom. The molecule has 1 aromatic rings. The number of alkyl halides is 1. The second kappa shape index (κ2) is 5.97. The van der Waals surface area contributed by atoms with Gasteiger partial charge in [0.2, 0.25) is 10.0 Å². The summed E-state index contributed by atoms with van der Waals surface area (Å²) in [6.07, 6.45) is 0.794. The van der Waals surface area contributed by atoms with E-state index in [1.165, 1.54) is 4.31 Å². The third kappa shape index (κ3) is 3.08. The lowest BCUT2D eigenvalue weighted by Gasteiger charge is -2.20. The van der Waals surface area contributed by atoms with E-state index in [9.17, 15) is 8.42 Å². The maximum atomic E-state index is 12.5. The third-order valence-corrected chi connectivity index (χ3v) is 4.98. The van der Waals surface area contributed by atoms with Crippen LogP contribution in [-0.2, 0) is 10.0 Å². The first-order chi connectivity index (χ1) is 7.95. The first kappa shape index (κ1) is 14.7. The molecule has 17 heavy (non-hydrogen) atoms. The summed E-state index contributed by atoms with van der Waals surface area (Å²) in [6, 6.07) is 0. The number of nitrogens with zero attached hydrogens (tertiary/aromatic N) is 2. The molecule has 98 valence electrons. The minimum atomic E-state index is -3.43. The molecule has 0 spiro atoms. The summed E-state index contributed by atoms with van der Waals surface area (Å²) >= 11 is 3.28. The molecule has 1 heterocycles. The van der Waals surface area contributed by atoms with Crippen LogP contribution in [0, 0.1) is 13.8 Å². The van der Waals surface area contributed by atoms with E-state index >= 15 is 0 Å². The summed E-state index contributed by atoms with van der Waals surface area (Å²) in [5, 5.41) is 7.28. The molecule has 0 saturated heterocycles. The fourth-order valence-corrected chi connectivity index (χ4v) is 4.27. The first-order valence-electron chi connectivity index (χ1n) is 5.52. The Bertz CT molecular complexity index is 444. The number of aryl methyl sites for hydroxylation is 2. The highest BCUT2D eigenvalue weighted by Gasteiger charge is 2.28. The predicted molar refractivity (Wildman–Crippen MR) is 70.9 cm³/mol. The monoisotopic (exact) mass is 323 g/mol. The molecule has 1 N–H and O–H groups in total. The largest absolute Gasteiger partial charge is 0.281 e. The Morgan fingerprint density at radius 2 is 2.00 bits per heavy atom. The molecule has 5 nitrogen and oxygen atoms in total.